The van der Waals surface area contributed by atoms with Crippen LogP contribution < -0.4 is 0 Å². The average Bonchev–Trinajstić information content (AvgIpc) is 2.88. The van der Waals surface area contributed by atoms with Crippen LogP contribution in [-0.2, 0) is 6.42 Å². The lowest BCUT2D eigenvalue weighted by Gasteiger charge is -2.34. The summed E-state index contributed by atoms with van der Waals surface area (Å²) in [5.41, 5.74) is 1.53. The lowest BCUT2D eigenvalue weighted by molar-refractivity contribution is 0.186. The lowest BCUT2D eigenvalue weighted by Crippen LogP contribution is -2.38. The van der Waals surface area contributed by atoms with Gasteiger partial charge in [0.1, 0.15) is 0 Å². The molecule has 2 aliphatic heterocycles. The minimum absolute atomic E-state index is 0.604. The Morgan fingerprint density at radius 1 is 0.960 bits per heavy atom. The molecular weight excluding hydrogens is 342 g/mol. The molecular formula is C22H33NS2. The first kappa shape index (κ1) is 18.3. The molecule has 2 saturated heterocycles. The SMILES string of the molecule is c1ccc(CC2CCN(CC3CSC4(CCCCCC4)S3)CC2)cc1. The van der Waals surface area contributed by atoms with Crippen molar-refractivity contribution < 1.29 is 0 Å². The minimum atomic E-state index is 0.604. The molecule has 1 saturated carbocycles. The molecule has 1 aliphatic carbocycles. The molecule has 3 aliphatic rings. The van der Waals surface area contributed by atoms with Crippen molar-refractivity contribution in [2.24, 2.45) is 5.92 Å². The molecule has 4 rings (SSSR count). The van der Waals surface area contributed by atoms with Gasteiger partial charge in [0.05, 0.1) is 4.08 Å². The molecule has 1 spiro atoms. The molecule has 0 amide bonds. The first-order chi connectivity index (χ1) is 12.3. The Labute approximate surface area is 162 Å². The van der Waals surface area contributed by atoms with Gasteiger partial charge in [0, 0.05) is 17.5 Å². The first-order valence-corrected chi connectivity index (χ1v) is 12.3. The van der Waals surface area contributed by atoms with E-state index in [1.807, 2.05) is 0 Å². The summed E-state index contributed by atoms with van der Waals surface area (Å²) < 4.78 is 0.604. The molecule has 3 heteroatoms. The van der Waals surface area contributed by atoms with E-state index in [4.69, 9.17) is 0 Å². The summed E-state index contributed by atoms with van der Waals surface area (Å²) in [4.78, 5) is 2.77. The summed E-state index contributed by atoms with van der Waals surface area (Å²) in [5, 5.41) is 0.883. The van der Waals surface area contributed by atoms with Crippen LogP contribution >= 0.6 is 23.5 Å². The van der Waals surface area contributed by atoms with Gasteiger partial charge in [-0.2, -0.15) is 0 Å². The van der Waals surface area contributed by atoms with Crippen LogP contribution in [0.4, 0.5) is 0 Å². The highest BCUT2D eigenvalue weighted by Crippen LogP contribution is 2.55. The highest BCUT2D eigenvalue weighted by Gasteiger charge is 2.41. The van der Waals surface area contributed by atoms with Crippen LogP contribution in [0, 0.1) is 5.92 Å². The lowest BCUT2D eigenvalue weighted by atomic mass is 9.90. The van der Waals surface area contributed by atoms with Crippen molar-refractivity contribution in [1.82, 2.24) is 4.90 Å². The van der Waals surface area contributed by atoms with Gasteiger partial charge in [0.15, 0.2) is 0 Å². The number of rotatable bonds is 4. The Kier molecular flexibility index (Phi) is 6.36. The van der Waals surface area contributed by atoms with Crippen LogP contribution in [0.1, 0.15) is 56.9 Å². The predicted octanol–water partition coefficient (Wildman–Crippen LogP) is 5.84. The molecule has 0 radical (unpaired) electrons. The number of benzene rings is 1. The predicted molar refractivity (Wildman–Crippen MR) is 114 cm³/mol. The van der Waals surface area contributed by atoms with Gasteiger partial charge >= 0.3 is 0 Å². The highest BCUT2D eigenvalue weighted by molar-refractivity contribution is 8.21. The van der Waals surface area contributed by atoms with Crippen molar-refractivity contribution in [2.75, 3.05) is 25.4 Å². The molecule has 3 fully saturated rings. The quantitative estimate of drug-likeness (QED) is 0.651. The Bertz CT molecular complexity index is 516. The molecule has 0 bridgehead atoms. The molecule has 1 aromatic carbocycles. The van der Waals surface area contributed by atoms with Crippen LogP contribution in [0.3, 0.4) is 0 Å². The number of piperidine rings is 1. The minimum Gasteiger partial charge on any atom is -0.302 e. The summed E-state index contributed by atoms with van der Waals surface area (Å²) in [5.74, 6) is 2.30. The van der Waals surface area contributed by atoms with Gasteiger partial charge in [-0.15, -0.1) is 23.5 Å². The monoisotopic (exact) mass is 375 g/mol. The summed E-state index contributed by atoms with van der Waals surface area (Å²) in [6, 6.07) is 11.1. The molecule has 1 nitrogen and oxygen atoms in total. The van der Waals surface area contributed by atoms with Gasteiger partial charge in [-0.3, -0.25) is 0 Å². The summed E-state index contributed by atoms with van der Waals surface area (Å²) in [7, 11) is 0. The first-order valence-electron chi connectivity index (χ1n) is 10.4. The third-order valence-corrected chi connectivity index (χ3v) is 10.2. The van der Waals surface area contributed by atoms with E-state index in [-0.39, 0.29) is 0 Å². The summed E-state index contributed by atoms with van der Waals surface area (Å²) in [6.45, 7) is 4.00. The molecule has 0 aromatic heterocycles. The second-order valence-electron chi connectivity index (χ2n) is 8.31. The van der Waals surface area contributed by atoms with Crippen LogP contribution in [0.25, 0.3) is 0 Å². The molecule has 1 atom stereocenters. The third kappa shape index (κ3) is 4.99. The van der Waals surface area contributed by atoms with Gasteiger partial charge in [-0.1, -0.05) is 56.0 Å². The van der Waals surface area contributed by atoms with E-state index in [0.717, 1.165) is 11.2 Å². The van der Waals surface area contributed by atoms with Crippen LogP contribution in [0.15, 0.2) is 30.3 Å². The molecule has 138 valence electrons. The smallest absolute Gasteiger partial charge is 0.0615 e. The normalized spacial score (nSPS) is 28.2. The molecule has 1 unspecified atom stereocenters. The largest absolute Gasteiger partial charge is 0.302 e. The topological polar surface area (TPSA) is 3.24 Å². The average molecular weight is 376 g/mol. The third-order valence-electron chi connectivity index (χ3n) is 6.32. The maximum Gasteiger partial charge on any atom is 0.0615 e. The van der Waals surface area contributed by atoms with Crippen molar-refractivity contribution in [1.29, 1.82) is 0 Å². The van der Waals surface area contributed by atoms with E-state index >= 15 is 0 Å². The number of nitrogens with zero attached hydrogens (tertiary/aromatic N) is 1. The Morgan fingerprint density at radius 2 is 1.68 bits per heavy atom. The van der Waals surface area contributed by atoms with Gasteiger partial charge in [0.2, 0.25) is 0 Å². The van der Waals surface area contributed by atoms with Crippen molar-refractivity contribution >= 4 is 23.5 Å². The molecule has 0 N–H and O–H groups in total. The van der Waals surface area contributed by atoms with Crippen molar-refractivity contribution in [3.05, 3.63) is 35.9 Å². The Hall–Kier alpha value is -0.120. The molecule has 25 heavy (non-hydrogen) atoms. The Morgan fingerprint density at radius 3 is 2.40 bits per heavy atom. The summed E-state index contributed by atoms with van der Waals surface area (Å²) >= 11 is 4.68. The van der Waals surface area contributed by atoms with Crippen LogP contribution in [0.5, 0.6) is 0 Å². The number of hydrogen-bond donors (Lipinski definition) is 0. The van der Waals surface area contributed by atoms with Gasteiger partial charge in [-0.25, -0.2) is 0 Å². The zero-order valence-electron chi connectivity index (χ0n) is 15.5. The van der Waals surface area contributed by atoms with Crippen LogP contribution in [-0.4, -0.2) is 39.6 Å². The van der Waals surface area contributed by atoms with Gasteiger partial charge in [0.25, 0.3) is 0 Å². The van der Waals surface area contributed by atoms with Crippen LogP contribution in [0.2, 0.25) is 0 Å². The van der Waals surface area contributed by atoms with E-state index < -0.39 is 0 Å². The fraction of sp³-hybridized carbons (Fsp3) is 0.727. The van der Waals surface area contributed by atoms with Gasteiger partial charge in [-0.05, 0) is 56.7 Å². The highest BCUT2D eigenvalue weighted by atomic mass is 32.2. The molecule has 2 heterocycles. The van der Waals surface area contributed by atoms with Crippen molar-refractivity contribution in [2.45, 2.75) is 67.1 Å². The Balaban J connectivity index is 1.21. The fourth-order valence-corrected chi connectivity index (χ4v) is 8.79. The van der Waals surface area contributed by atoms with Gasteiger partial charge < -0.3 is 4.90 Å². The summed E-state index contributed by atoms with van der Waals surface area (Å²) in [6.07, 6.45) is 12.9. The zero-order valence-corrected chi connectivity index (χ0v) is 17.1. The fourth-order valence-electron chi connectivity index (χ4n) is 4.84. The maximum atomic E-state index is 2.77. The number of thioether (sulfide) groups is 2. The van der Waals surface area contributed by atoms with E-state index in [1.165, 1.54) is 88.7 Å². The molecule has 1 aromatic rings. The van der Waals surface area contributed by atoms with E-state index in [1.54, 1.807) is 0 Å². The van der Waals surface area contributed by atoms with E-state index in [9.17, 15) is 0 Å². The van der Waals surface area contributed by atoms with Crippen molar-refractivity contribution in [3.63, 3.8) is 0 Å². The second-order valence-corrected chi connectivity index (χ2v) is 11.7. The maximum absolute atomic E-state index is 2.77. The standard InChI is InChI=1S/C22H33NS2/c1-2-7-13-22(12-6-1)24-18-21(25-22)17-23-14-10-20(11-15-23)16-19-8-4-3-5-9-19/h3-5,8-9,20-21H,1-2,6-7,10-18H2. The van der Waals surface area contributed by atoms with E-state index in [0.29, 0.717) is 4.08 Å². The van der Waals surface area contributed by atoms with Crippen molar-refractivity contribution in [3.8, 4) is 0 Å². The van der Waals surface area contributed by atoms with E-state index in [2.05, 4.69) is 58.8 Å². The number of likely N-dealkylation sites (tertiary alicyclic amines) is 1. The second kappa shape index (κ2) is 8.71. The number of hydrogen-bond acceptors (Lipinski definition) is 3. The zero-order chi connectivity index (χ0) is 17.0.